The standard InChI is InChI=1S/C18H22N4O3S/c1-11(2)8-9-18(3)15(24)22(17(25)21-18)10-14(23)20-16-19-12-6-4-5-7-13(12)26-16/h4-7,11H,8-10H2,1-3H3,(H,21,25)(H,19,20,23)/t18-/m0/s1. The molecule has 3 rings (SSSR count). The van der Waals surface area contributed by atoms with Crippen molar-refractivity contribution in [1.29, 1.82) is 0 Å². The summed E-state index contributed by atoms with van der Waals surface area (Å²) >= 11 is 1.35. The Morgan fingerprint density at radius 2 is 2.08 bits per heavy atom. The minimum absolute atomic E-state index is 0.322. The van der Waals surface area contributed by atoms with Gasteiger partial charge in [-0.3, -0.25) is 14.5 Å². The maximum atomic E-state index is 12.6. The first kappa shape index (κ1) is 18.3. The first-order valence-corrected chi connectivity index (χ1v) is 9.40. The zero-order valence-corrected chi connectivity index (χ0v) is 15.9. The summed E-state index contributed by atoms with van der Waals surface area (Å²) in [6.45, 7) is 5.51. The van der Waals surface area contributed by atoms with Gasteiger partial charge in [0, 0.05) is 0 Å². The number of carbonyl (C=O) groups is 3. The molecule has 1 fully saturated rings. The Morgan fingerprint density at radius 3 is 2.77 bits per heavy atom. The number of anilines is 1. The van der Waals surface area contributed by atoms with Gasteiger partial charge in [0.05, 0.1) is 10.2 Å². The molecule has 0 radical (unpaired) electrons. The van der Waals surface area contributed by atoms with Crippen molar-refractivity contribution in [2.45, 2.75) is 39.2 Å². The number of hydrogen-bond acceptors (Lipinski definition) is 5. The Hall–Kier alpha value is -2.48. The van der Waals surface area contributed by atoms with Gasteiger partial charge in [0.1, 0.15) is 12.1 Å². The van der Waals surface area contributed by atoms with Crippen molar-refractivity contribution in [3.05, 3.63) is 24.3 Å². The van der Waals surface area contributed by atoms with Crippen LogP contribution in [0.15, 0.2) is 24.3 Å². The second-order valence-electron chi connectivity index (χ2n) is 7.12. The molecular weight excluding hydrogens is 352 g/mol. The van der Waals surface area contributed by atoms with Crippen LogP contribution in [0.25, 0.3) is 10.2 Å². The molecule has 1 aromatic carbocycles. The highest BCUT2D eigenvalue weighted by molar-refractivity contribution is 7.22. The second kappa shape index (κ2) is 7.03. The molecule has 2 aromatic rings. The summed E-state index contributed by atoms with van der Waals surface area (Å²) in [5.74, 6) is -0.379. The zero-order valence-electron chi connectivity index (χ0n) is 15.0. The lowest BCUT2D eigenvalue weighted by Gasteiger charge is -2.22. The van der Waals surface area contributed by atoms with E-state index in [1.807, 2.05) is 24.3 Å². The van der Waals surface area contributed by atoms with Crippen molar-refractivity contribution in [1.82, 2.24) is 15.2 Å². The molecule has 4 amide bonds. The van der Waals surface area contributed by atoms with Gasteiger partial charge in [0.2, 0.25) is 5.91 Å². The average molecular weight is 374 g/mol. The van der Waals surface area contributed by atoms with E-state index in [-0.39, 0.29) is 12.5 Å². The fraction of sp³-hybridized carbons (Fsp3) is 0.444. The lowest BCUT2D eigenvalue weighted by atomic mass is 9.92. The SMILES string of the molecule is CC(C)CC[C@]1(C)NC(=O)N(CC(=O)Nc2nc3ccccc3s2)C1=O. The fourth-order valence-electron chi connectivity index (χ4n) is 2.87. The van der Waals surface area contributed by atoms with Crippen molar-refractivity contribution >= 4 is 44.5 Å². The molecule has 1 aliphatic heterocycles. The molecule has 0 aliphatic carbocycles. The van der Waals surface area contributed by atoms with Crippen LogP contribution in [-0.2, 0) is 9.59 Å². The zero-order chi connectivity index (χ0) is 18.9. The number of amides is 4. The fourth-order valence-corrected chi connectivity index (χ4v) is 3.75. The first-order chi connectivity index (χ1) is 12.3. The largest absolute Gasteiger partial charge is 0.325 e. The van der Waals surface area contributed by atoms with Crippen molar-refractivity contribution in [3.8, 4) is 0 Å². The maximum absolute atomic E-state index is 12.6. The van der Waals surface area contributed by atoms with Crippen molar-refractivity contribution < 1.29 is 14.4 Å². The second-order valence-corrected chi connectivity index (χ2v) is 8.15. The number of imide groups is 1. The van der Waals surface area contributed by atoms with E-state index in [1.165, 1.54) is 11.3 Å². The molecule has 0 spiro atoms. The minimum Gasteiger partial charge on any atom is -0.323 e. The molecule has 0 saturated carbocycles. The van der Waals surface area contributed by atoms with Crippen LogP contribution in [0.4, 0.5) is 9.93 Å². The minimum atomic E-state index is -0.947. The Labute approximate surface area is 155 Å². The quantitative estimate of drug-likeness (QED) is 0.761. The molecule has 26 heavy (non-hydrogen) atoms. The van der Waals surface area contributed by atoms with Crippen LogP contribution in [0, 0.1) is 5.92 Å². The molecule has 2 heterocycles. The number of urea groups is 1. The summed E-state index contributed by atoms with van der Waals surface area (Å²) in [5.41, 5.74) is -0.152. The Kier molecular flexibility index (Phi) is 4.95. The van der Waals surface area contributed by atoms with Gasteiger partial charge in [0.15, 0.2) is 5.13 Å². The molecule has 1 aliphatic rings. The van der Waals surface area contributed by atoms with Crippen molar-refractivity contribution in [2.75, 3.05) is 11.9 Å². The molecular formula is C18H22N4O3S. The highest BCUT2D eigenvalue weighted by atomic mass is 32.1. The molecule has 2 N–H and O–H groups in total. The summed E-state index contributed by atoms with van der Waals surface area (Å²) in [5, 5.41) is 5.84. The number of benzene rings is 1. The number of thiazole rings is 1. The lowest BCUT2D eigenvalue weighted by molar-refractivity contribution is -0.133. The summed E-state index contributed by atoms with van der Waals surface area (Å²) in [6, 6.07) is 7.02. The maximum Gasteiger partial charge on any atom is 0.325 e. The number of aromatic nitrogens is 1. The number of fused-ring (bicyclic) bond motifs is 1. The number of carbonyl (C=O) groups excluding carboxylic acids is 3. The Balaban J connectivity index is 1.65. The highest BCUT2D eigenvalue weighted by Gasteiger charge is 2.47. The predicted molar refractivity (Wildman–Crippen MR) is 101 cm³/mol. The molecule has 7 nitrogen and oxygen atoms in total. The van der Waals surface area contributed by atoms with Gasteiger partial charge in [-0.15, -0.1) is 0 Å². The molecule has 8 heteroatoms. The summed E-state index contributed by atoms with van der Waals surface area (Å²) in [4.78, 5) is 42.4. The normalized spacial score (nSPS) is 20.1. The van der Waals surface area contributed by atoms with Gasteiger partial charge in [-0.2, -0.15) is 0 Å². The van der Waals surface area contributed by atoms with Gasteiger partial charge in [-0.1, -0.05) is 37.3 Å². The smallest absolute Gasteiger partial charge is 0.323 e. The van der Waals surface area contributed by atoms with Crippen LogP contribution in [-0.4, -0.2) is 39.8 Å². The molecule has 138 valence electrons. The molecule has 1 aromatic heterocycles. The Morgan fingerprint density at radius 1 is 1.35 bits per heavy atom. The first-order valence-electron chi connectivity index (χ1n) is 8.58. The third-order valence-corrected chi connectivity index (χ3v) is 5.36. The van der Waals surface area contributed by atoms with E-state index in [9.17, 15) is 14.4 Å². The highest BCUT2D eigenvalue weighted by Crippen LogP contribution is 2.26. The van der Waals surface area contributed by atoms with E-state index in [1.54, 1.807) is 6.92 Å². The van der Waals surface area contributed by atoms with Crippen LogP contribution >= 0.6 is 11.3 Å². The summed E-state index contributed by atoms with van der Waals surface area (Å²) < 4.78 is 0.957. The van der Waals surface area contributed by atoms with E-state index >= 15 is 0 Å². The number of para-hydroxylation sites is 1. The number of nitrogens with one attached hydrogen (secondary N) is 2. The number of nitrogens with zero attached hydrogens (tertiary/aromatic N) is 2. The molecule has 0 unspecified atom stereocenters. The third-order valence-electron chi connectivity index (χ3n) is 4.41. The number of rotatable bonds is 6. The van der Waals surface area contributed by atoms with Crippen LogP contribution in [0.1, 0.15) is 33.6 Å². The van der Waals surface area contributed by atoms with Gasteiger partial charge >= 0.3 is 6.03 Å². The van der Waals surface area contributed by atoms with Gasteiger partial charge in [-0.25, -0.2) is 9.78 Å². The topological polar surface area (TPSA) is 91.4 Å². The van der Waals surface area contributed by atoms with Gasteiger partial charge in [-0.05, 0) is 37.8 Å². The molecule has 0 bridgehead atoms. The lowest BCUT2D eigenvalue weighted by Crippen LogP contribution is -2.44. The van der Waals surface area contributed by atoms with Gasteiger partial charge in [0.25, 0.3) is 5.91 Å². The van der Waals surface area contributed by atoms with Crippen LogP contribution in [0.5, 0.6) is 0 Å². The monoisotopic (exact) mass is 374 g/mol. The van der Waals surface area contributed by atoms with Crippen molar-refractivity contribution in [2.24, 2.45) is 5.92 Å². The van der Waals surface area contributed by atoms with Gasteiger partial charge < -0.3 is 10.6 Å². The van der Waals surface area contributed by atoms with E-state index < -0.39 is 17.5 Å². The average Bonchev–Trinajstić information content (AvgIpc) is 3.07. The third kappa shape index (κ3) is 3.70. The van der Waals surface area contributed by atoms with E-state index in [2.05, 4.69) is 29.5 Å². The predicted octanol–water partition coefficient (Wildman–Crippen LogP) is 2.98. The summed E-state index contributed by atoms with van der Waals surface area (Å²) in [7, 11) is 0. The van der Waals surface area contributed by atoms with Crippen LogP contribution < -0.4 is 10.6 Å². The van der Waals surface area contributed by atoms with Crippen LogP contribution in [0.2, 0.25) is 0 Å². The number of hydrogen-bond donors (Lipinski definition) is 2. The van der Waals surface area contributed by atoms with E-state index in [0.717, 1.165) is 21.5 Å². The molecule has 1 atom stereocenters. The summed E-state index contributed by atoms with van der Waals surface area (Å²) in [6.07, 6.45) is 1.36. The van der Waals surface area contributed by atoms with Crippen LogP contribution in [0.3, 0.4) is 0 Å². The molecule has 1 saturated heterocycles. The van der Waals surface area contributed by atoms with E-state index in [0.29, 0.717) is 17.5 Å². The van der Waals surface area contributed by atoms with Crippen molar-refractivity contribution in [3.63, 3.8) is 0 Å². The Bertz CT molecular complexity index is 830. The van der Waals surface area contributed by atoms with E-state index in [4.69, 9.17) is 0 Å².